The van der Waals surface area contributed by atoms with Gasteiger partial charge in [-0.2, -0.15) is 15.3 Å². The average Bonchev–Trinajstić information content (AvgIpc) is 0.947. The first kappa shape index (κ1) is 83.7. The van der Waals surface area contributed by atoms with Crippen molar-refractivity contribution in [3.63, 3.8) is 0 Å². The number of hydrogen-bond donors (Lipinski definition) is 7. The quantitative estimate of drug-likeness (QED) is 0.00383. The standard InChI is InChI=1S/C39H61FN6O4.C18H19N7O4.C9H8FN.C3H8.C2H6/c1-10-28(5)38(36(40)23-37-31(8)35(13-4)30(7)32(9)45-37)33(12-3)24-44-39(29(6)11-2)50-19-16-14-15-17-42-25-34(46-41)26-49-22-21-48-20-18-43-27-47;19-18-24-15-14(17(29)25-18)23-12(9-22-15)8-21-11-5-3-10(4-6-11)16(28)20-7-1-2-13(26)27;1-2-8-5-7(6-11)3-4-9(8)10;1-3-2;1-2/h12,23-25,27-29H,3,8,10-11,13-22,26,41H2,1-2,4-7,9H3,(H,43,47);3-6,9,21H,1-2,7-8H2,(H,20,28)(H,26,27)(H3,19,22,24,25,29);3-5H,2H2,1H3;3H2,1-2H3;1-2H3/b33-24+,37-23+,38-36-,42-25?,44-39?,46-34+;;;;. The highest BCUT2D eigenvalue weighted by Gasteiger charge is 2.18. The third-order valence-electron chi connectivity index (χ3n) is 14.0. The Bertz CT molecular complexity index is 3550. The second-order valence-corrected chi connectivity index (χ2v) is 21.2. The Labute approximate surface area is 559 Å². The monoisotopic (exact) mass is 1320 g/mol. The first-order chi connectivity index (χ1) is 45.7. The third-order valence-corrected chi connectivity index (χ3v) is 14.0. The van der Waals surface area contributed by atoms with Gasteiger partial charge >= 0.3 is 5.97 Å². The lowest BCUT2D eigenvalue weighted by Crippen LogP contribution is -2.32. The zero-order valence-corrected chi connectivity index (χ0v) is 57.8. The van der Waals surface area contributed by atoms with Gasteiger partial charge in [0.2, 0.25) is 12.4 Å². The number of nitrogens with zero attached hydrogens (tertiary/aromatic N) is 8. The number of nitrogens with one attached hydrogen (secondary N) is 4. The van der Waals surface area contributed by atoms with Crippen molar-refractivity contribution in [3.8, 4) is 6.07 Å². The van der Waals surface area contributed by atoms with Crippen LogP contribution in [0.25, 0.3) is 23.8 Å². The molecule has 5 aromatic rings. The number of carbonyl (C=O) groups excluding carboxylic acids is 2. The largest absolute Gasteiger partial charge is 0.481 e. The lowest BCUT2D eigenvalue weighted by Gasteiger charge is -2.17. The van der Waals surface area contributed by atoms with Crippen molar-refractivity contribution in [3.05, 3.63) is 150 Å². The number of aliphatic imine (C=N–C) groups is 2. The Kier molecular flexibility index (Phi) is 43.4. The molecular weight excluding hydrogens is 1210 g/mol. The zero-order valence-electron chi connectivity index (χ0n) is 57.8. The summed E-state index contributed by atoms with van der Waals surface area (Å²) in [6, 6.07) is 13.1. The van der Waals surface area contributed by atoms with E-state index in [2.05, 4.69) is 98.7 Å². The molecule has 0 aliphatic carbocycles. The fourth-order valence-electron chi connectivity index (χ4n) is 8.41. The number of halogens is 2. The number of benzene rings is 2. The van der Waals surface area contributed by atoms with Crippen molar-refractivity contribution in [1.82, 2.24) is 35.6 Å². The molecule has 0 radical (unpaired) electrons. The maximum atomic E-state index is 16.1. The number of ether oxygens (including phenoxy) is 3. The molecule has 3 heterocycles. The number of rotatable bonds is 34. The molecule has 0 saturated carbocycles. The second kappa shape index (κ2) is 49.3. The van der Waals surface area contributed by atoms with Crippen LogP contribution in [0.1, 0.15) is 165 Å². The lowest BCUT2D eigenvalue weighted by molar-refractivity contribution is -0.137. The Balaban J connectivity index is 0.000000829. The molecule has 0 saturated heterocycles. The van der Waals surface area contributed by atoms with Crippen LogP contribution in [0.15, 0.2) is 104 Å². The predicted octanol–water partition coefficient (Wildman–Crippen LogP) is 10.8. The number of pyridine rings is 1. The van der Waals surface area contributed by atoms with Crippen LogP contribution in [0.5, 0.6) is 0 Å². The van der Waals surface area contributed by atoms with E-state index >= 15 is 4.39 Å². The molecule has 2 atom stereocenters. The molecule has 95 heavy (non-hydrogen) atoms. The summed E-state index contributed by atoms with van der Waals surface area (Å²) in [6.45, 7) is 36.3. The molecule has 518 valence electrons. The van der Waals surface area contributed by atoms with Gasteiger partial charge in [-0.1, -0.05) is 94.9 Å². The van der Waals surface area contributed by atoms with E-state index in [4.69, 9.17) is 41.1 Å². The molecule has 5 rings (SSSR count). The molecule has 0 aliphatic rings. The van der Waals surface area contributed by atoms with Crippen LogP contribution in [-0.2, 0) is 43.2 Å². The van der Waals surface area contributed by atoms with Crippen molar-refractivity contribution in [1.29, 1.82) is 5.26 Å². The summed E-state index contributed by atoms with van der Waals surface area (Å²) in [5.41, 5.74) is 12.9. The van der Waals surface area contributed by atoms with Crippen LogP contribution in [0, 0.1) is 42.8 Å². The van der Waals surface area contributed by atoms with E-state index in [0.29, 0.717) is 122 Å². The number of H-pyrrole nitrogens is 1. The van der Waals surface area contributed by atoms with E-state index in [1.165, 1.54) is 30.8 Å². The lowest BCUT2D eigenvalue weighted by atomic mass is 9.91. The zero-order chi connectivity index (χ0) is 71.1. The molecule has 2 aromatic carbocycles. The van der Waals surface area contributed by atoms with Gasteiger partial charge < -0.3 is 46.8 Å². The average molecular weight is 1320 g/mol. The van der Waals surface area contributed by atoms with Gasteiger partial charge in [0.25, 0.3) is 11.5 Å². The number of carboxylic acid groups (broad SMARTS) is 1. The highest BCUT2D eigenvalue weighted by Crippen LogP contribution is 2.29. The topological polar surface area (TPSA) is 333 Å². The maximum absolute atomic E-state index is 16.1. The first-order valence-electron chi connectivity index (χ1n) is 32.4. The first-order valence-corrected chi connectivity index (χ1v) is 32.4. The normalized spacial score (nSPS) is 12.4. The summed E-state index contributed by atoms with van der Waals surface area (Å²) in [7, 11) is 0. The Hall–Kier alpha value is -9.34. The Morgan fingerprint density at radius 1 is 0.916 bits per heavy atom. The van der Waals surface area contributed by atoms with Gasteiger partial charge in [0.05, 0.1) is 68.5 Å². The SMILES string of the molecule is C=CC(=C\N=C(OCCCCCN=C/C(COCCOCCNC=O)=N\N)C(C)CC)/C(=C(F)/C=c1/nc(C)c(C)c(CC)c1=C)C(C)CC.CC.CCC.CCc1cc(C#N)ccc1F.Nc1nc2ncc(CNc3ccc(C(=O)NCCCC(=O)O)cc3)nc2c(=O)[nH]1. The maximum Gasteiger partial charge on any atom is 0.303 e. The van der Waals surface area contributed by atoms with E-state index in [0.717, 1.165) is 66.3 Å². The van der Waals surface area contributed by atoms with Crippen LogP contribution in [0.2, 0.25) is 0 Å². The van der Waals surface area contributed by atoms with Gasteiger partial charge in [0.1, 0.15) is 17.4 Å². The molecule has 2 amide bonds. The summed E-state index contributed by atoms with van der Waals surface area (Å²) in [4.78, 5) is 73.0. The number of nitrogen functional groups attached to an aromatic ring is 1. The molecule has 0 spiro atoms. The number of nitrogens with two attached hydrogens (primary N) is 2. The van der Waals surface area contributed by atoms with Crippen molar-refractivity contribution in [2.45, 2.75) is 154 Å². The van der Waals surface area contributed by atoms with E-state index < -0.39 is 11.5 Å². The number of carboxylic acids is 1. The van der Waals surface area contributed by atoms with Gasteiger partial charge in [-0.25, -0.2) is 23.7 Å². The van der Waals surface area contributed by atoms with Crippen LogP contribution in [-0.4, -0.2) is 119 Å². The highest BCUT2D eigenvalue weighted by atomic mass is 19.1. The fourth-order valence-corrected chi connectivity index (χ4v) is 8.41. The van der Waals surface area contributed by atoms with Crippen LogP contribution >= 0.6 is 0 Å². The third kappa shape index (κ3) is 31.9. The Morgan fingerprint density at radius 3 is 2.23 bits per heavy atom. The molecule has 2 unspecified atom stereocenters. The predicted molar refractivity (Wildman–Crippen MR) is 379 cm³/mol. The number of unbranched alkanes of at least 4 members (excludes halogenated alkanes) is 2. The number of hydrazone groups is 1. The molecule has 0 aliphatic heterocycles. The number of carbonyl (C=O) groups is 3. The fraction of sp³-hybridized carbons (Fsp3) is 0.465. The van der Waals surface area contributed by atoms with Crippen molar-refractivity contribution in [2.24, 2.45) is 32.8 Å². The van der Waals surface area contributed by atoms with E-state index in [1.807, 2.05) is 54.5 Å². The minimum atomic E-state index is -0.893. The molecular formula is C71H102F2N14O8. The number of nitriles is 1. The second-order valence-electron chi connectivity index (χ2n) is 21.2. The molecule has 24 heteroatoms. The molecule has 3 aromatic heterocycles. The van der Waals surface area contributed by atoms with Crippen LogP contribution in [0.3, 0.4) is 0 Å². The summed E-state index contributed by atoms with van der Waals surface area (Å²) in [5.74, 6) is 4.32. The number of aryl methyl sites for hydroxylation is 2. The van der Waals surface area contributed by atoms with Crippen molar-refractivity contribution < 1.29 is 42.5 Å². The summed E-state index contributed by atoms with van der Waals surface area (Å²) < 4.78 is 45.9. The molecule has 9 N–H and O–H groups in total. The van der Waals surface area contributed by atoms with Crippen LogP contribution < -0.4 is 43.7 Å². The Morgan fingerprint density at radius 2 is 1.61 bits per heavy atom. The number of aliphatic carboxylic acids is 1. The number of fused-ring (bicyclic) bond motifs is 1. The number of aromatic amines is 1. The van der Waals surface area contributed by atoms with Crippen LogP contribution in [0.4, 0.5) is 20.4 Å². The highest BCUT2D eigenvalue weighted by molar-refractivity contribution is 6.31. The van der Waals surface area contributed by atoms with Crippen molar-refractivity contribution >= 4 is 71.6 Å². The van der Waals surface area contributed by atoms with Gasteiger partial charge in [0, 0.05) is 67.4 Å². The number of allylic oxidation sites excluding steroid dienone is 4. The summed E-state index contributed by atoms with van der Waals surface area (Å²) in [5, 5.41) is 30.4. The van der Waals surface area contributed by atoms with E-state index in [9.17, 15) is 23.6 Å². The number of aromatic nitrogens is 5. The summed E-state index contributed by atoms with van der Waals surface area (Å²) >= 11 is 0. The summed E-state index contributed by atoms with van der Waals surface area (Å²) in [6.07, 6.45) is 15.9. The number of anilines is 2. The molecule has 0 bridgehead atoms. The van der Waals surface area contributed by atoms with Crippen molar-refractivity contribution in [2.75, 3.05) is 63.7 Å². The smallest absolute Gasteiger partial charge is 0.303 e. The molecule has 22 nitrogen and oxygen atoms in total. The van der Waals surface area contributed by atoms with E-state index in [1.54, 1.807) is 48.8 Å². The van der Waals surface area contributed by atoms with E-state index in [-0.39, 0.29) is 59.5 Å². The van der Waals surface area contributed by atoms with Gasteiger partial charge in [0.15, 0.2) is 17.1 Å². The number of amides is 2. The van der Waals surface area contributed by atoms with Gasteiger partial charge in [-0.3, -0.25) is 34.1 Å². The van der Waals surface area contributed by atoms with Gasteiger partial charge in [-0.15, -0.1) is 0 Å². The molecule has 0 fully saturated rings. The van der Waals surface area contributed by atoms with Gasteiger partial charge in [-0.05, 0) is 147 Å². The minimum Gasteiger partial charge on any atom is -0.481 e. The minimum absolute atomic E-state index is 0.0100. The number of hydrogen-bond acceptors (Lipinski definition) is 18.